The molecule has 326 valence electrons. The van der Waals surface area contributed by atoms with Crippen LogP contribution in [0.1, 0.15) is 0 Å². The van der Waals surface area contributed by atoms with Gasteiger partial charge in [-0.25, -0.2) is 0 Å². The molecule has 4 aliphatic rings. The van der Waals surface area contributed by atoms with Crippen molar-refractivity contribution in [3.05, 3.63) is 231 Å². The largest absolute Gasteiger partial charge is 0.458 e. The normalized spacial score (nSPS) is 13.2. The number of ether oxygens (including phenoxy) is 2. The van der Waals surface area contributed by atoms with Crippen molar-refractivity contribution in [2.24, 2.45) is 0 Å². The number of hydrogen-bond donors (Lipinski definition) is 0. The summed E-state index contributed by atoms with van der Waals surface area (Å²) < 4.78 is 14.1. The van der Waals surface area contributed by atoms with Crippen LogP contribution in [0.15, 0.2) is 250 Å². The lowest BCUT2D eigenvalue weighted by atomic mass is 9.32. The zero-order valence-corrected chi connectivity index (χ0v) is 39.3. The van der Waals surface area contributed by atoms with Crippen LogP contribution in [0.3, 0.4) is 0 Å². The van der Waals surface area contributed by atoms with Crippen LogP contribution in [-0.4, -0.2) is 13.4 Å². The molecule has 11 aromatic carbocycles. The minimum atomic E-state index is -0.00105. The summed E-state index contributed by atoms with van der Waals surface area (Å²) in [6.07, 6.45) is 0. The Morgan fingerprint density at radius 3 is 1.07 bits per heavy atom. The molecule has 0 aliphatic carbocycles. The molecule has 4 heterocycles. The lowest BCUT2D eigenvalue weighted by Crippen LogP contribution is -2.62. The second-order valence-corrected chi connectivity index (χ2v) is 20.5. The maximum Gasteiger partial charge on any atom is 0.253 e. The van der Waals surface area contributed by atoms with E-state index in [1.807, 2.05) is 23.5 Å². The predicted molar refractivity (Wildman–Crippen MR) is 294 cm³/mol. The number of fused-ring (bicyclic) bond motifs is 12. The highest BCUT2D eigenvalue weighted by molar-refractivity contribution is 8.01. The minimum Gasteiger partial charge on any atom is -0.458 e. The second-order valence-electron chi connectivity index (χ2n) is 18.3. The standard InChI is InChI=1S/C62H38B2N2O2S2/c1-5-17-41(18-6-1)65(42-19-7-2-8-20-42)45-29-31-47-39(33-45)35-57-59-61(47)67-53-27-15-13-25-49(53)63(59)51-37-52-56(38-55(51)69-57)70-58-36-40-34-46(66(43-21-9-3-10-22-43)44-23-11-4-12-24-44)30-32-48(40)62-60(58)64(52)50-26-14-16-28-54(50)68-62/h1-38H. The first-order valence-corrected chi connectivity index (χ1v) is 25.4. The molecule has 0 unspecified atom stereocenters. The Kier molecular flexibility index (Phi) is 8.98. The molecule has 15 rings (SSSR count). The first kappa shape index (κ1) is 39.9. The van der Waals surface area contributed by atoms with Crippen molar-refractivity contribution < 1.29 is 9.47 Å². The fourth-order valence-corrected chi connectivity index (χ4v) is 13.9. The van der Waals surface area contributed by atoms with Gasteiger partial charge in [0.05, 0.1) is 0 Å². The number of anilines is 6. The molecule has 0 radical (unpaired) electrons. The number of hydrogen-bond acceptors (Lipinski definition) is 6. The van der Waals surface area contributed by atoms with Gasteiger partial charge in [-0.2, -0.15) is 0 Å². The van der Waals surface area contributed by atoms with Crippen molar-refractivity contribution in [2.45, 2.75) is 19.6 Å². The Balaban J connectivity index is 0.899. The van der Waals surface area contributed by atoms with Crippen molar-refractivity contribution in [1.29, 1.82) is 0 Å². The Labute approximate surface area is 415 Å². The number of rotatable bonds is 6. The summed E-state index contributed by atoms with van der Waals surface area (Å²) in [5, 5.41) is 4.52. The maximum atomic E-state index is 7.06. The van der Waals surface area contributed by atoms with Gasteiger partial charge >= 0.3 is 0 Å². The minimum absolute atomic E-state index is 0.00105. The van der Waals surface area contributed by atoms with E-state index in [-0.39, 0.29) is 13.4 Å². The van der Waals surface area contributed by atoms with E-state index in [4.69, 9.17) is 9.47 Å². The molecule has 8 heteroatoms. The monoisotopic (exact) mass is 928 g/mol. The lowest BCUT2D eigenvalue weighted by Gasteiger charge is -2.37. The van der Waals surface area contributed by atoms with Crippen LogP contribution in [0, 0.1) is 0 Å². The van der Waals surface area contributed by atoms with Crippen LogP contribution in [0.4, 0.5) is 34.1 Å². The first-order chi connectivity index (χ1) is 34.7. The molecule has 0 N–H and O–H groups in total. The fourth-order valence-electron chi connectivity index (χ4n) is 11.4. The molecular weight excluding hydrogens is 890 g/mol. The van der Waals surface area contributed by atoms with Crippen LogP contribution in [0.2, 0.25) is 0 Å². The van der Waals surface area contributed by atoms with Gasteiger partial charge < -0.3 is 19.3 Å². The summed E-state index contributed by atoms with van der Waals surface area (Å²) in [5.41, 5.74) is 14.2. The van der Waals surface area contributed by atoms with Gasteiger partial charge in [0.2, 0.25) is 0 Å². The van der Waals surface area contributed by atoms with Crippen LogP contribution in [0.25, 0.3) is 21.5 Å². The summed E-state index contributed by atoms with van der Waals surface area (Å²) in [5.74, 6) is 3.73. The van der Waals surface area contributed by atoms with Crippen molar-refractivity contribution in [3.63, 3.8) is 0 Å². The fraction of sp³-hybridized carbons (Fsp3) is 0. The molecule has 4 aliphatic heterocycles. The second kappa shape index (κ2) is 15.8. The van der Waals surface area contributed by atoms with Crippen LogP contribution in [0.5, 0.6) is 23.0 Å². The molecule has 70 heavy (non-hydrogen) atoms. The highest BCUT2D eigenvalue weighted by Gasteiger charge is 2.44. The van der Waals surface area contributed by atoms with Gasteiger partial charge in [-0.15, -0.1) is 0 Å². The van der Waals surface area contributed by atoms with Gasteiger partial charge in [0, 0.05) is 64.5 Å². The van der Waals surface area contributed by atoms with E-state index >= 15 is 0 Å². The molecule has 4 nitrogen and oxygen atoms in total. The van der Waals surface area contributed by atoms with E-state index < -0.39 is 0 Å². The van der Waals surface area contributed by atoms with Gasteiger partial charge in [0.15, 0.2) is 0 Å². The summed E-state index contributed by atoms with van der Waals surface area (Å²) in [6, 6.07) is 83.3. The molecular formula is C62H38B2N2O2S2. The molecule has 0 fully saturated rings. The summed E-state index contributed by atoms with van der Waals surface area (Å²) in [6.45, 7) is -0.00210. The summed E-state index contributed by atoms with van der Waals surface area (Å²) >= 11 is 3.76. The van der Waals surface area contributed by atoms with E-state index in [9.17, 15) is 0 Å². The Morgan fingerprint density at radius 2 is 0.671 bits per heavy atom. The Bertz CT molecular complexity index is 3600. The highest BCUT2D eigenvalue weighted by atomic mass is 32.2. The predicted octanol–water partition coefficient (Wildman–Crippen LogP) is 13.1. The molecule has 0 aromatic heterocycles. The van der Waals surface area contributed by atoms with E-state index in [0.29, 0.717) is 0 Å². The van der Waals surface area contributed by atoms with Crippen LogP contribution in [-0.2, 0) is 0 Å². The molecule has 0 spiro atoms. The molecule has 0 atom stereocenters. The topological polar surface area (TPSA) is 24.9 Å². The van der Waals surface area contributed by atoms with Gasteiger partial charge in [0.25, 0.3) is 13.4 Å². The van der Waals surface area contributed by atoms with Crippen LogP contribution < -0.4 is 52.1 Å². The number of para-hydroxylation sites is 6. The van der Waals surface area contributed by atoms with Crippen molar-refractivity contribution in [1.82, 2.24) is 0 Å². The smallest absolute Gasteiger partial charge is 0.253 e. The van der Waals surface area contributed by atoms with Crippen molar-refractivity contribution in [2.75, 3.05) is 9.80 Å². The third kappa shape index (κ3) is 6.16. The quantitative estimate of drug-likeness (QED) is 0.154. The average Bonchev–Trinajstić information content (AvgIpc) is 3.41. The number of nitrogens with zero attached hydrogens (tertiary/aromatic N) is 2. The molecule has 11 aromatic rings. The SMILES string of the molecule is c1ccc(N(c2ccccc2)c2ccc3c4c5c(cc3c2)Sc2cc3c(cc2B5c2ccccc2O4)B2c4ccccc4Oc4c2c(cc2cc(N(c5ccccc5)c5ccccc5)ccc42)S3)cc1. The summed E-state index contributed by atoms with van der Waals surface area (Å²) in [7, 11) is 0. The molecule has 0 bridgehead atoms. The molecule has 0 saturated heterocycles. The lowest BCUT2D eigenvalue weighted by molar-refractivity contribution is 0.492. The van der Waals surface area contributed by atoms with Gasteiger partial charge in [-0.1, -0.05) is 150 Å². The van der Waals surface area contributed by atoms with Gasteiger partial charge in [-0.3, -0.25) is 0 Å². The Hall–Kier alpha value is -8.03. The van der Waals surface area contributed by atoms with E-state index in [2.05, 4.69) is 240 Å². The van der Waals surface area contributed by atoms with Gasteiger partial charge in [-0.05, 0) is 148 Å². The van der Waals surface area contributed by atoms with Crippen molar-refractivity contribution >= 4 is 125 Å². The molecule has 0 saturated carbocycles. The van der Waals surface area contributed by atoms with E-state index in [1.165, 1.54) is 52.4 Å². The molecule has 0 amide bonds. The van der Waals surface area contributed by atoms with Crippen LogP contribution >= 0.6 is 23.5 Å². The van der Waals surface area contributed by atoms with Crippen molar-refractivity contribution in [3.8, 4) is 23.0 Å². The zero-order valence-electron chi connectivity index (χ0n) is 37.6. The number of benzene rings is 11. The van der Waals surface area contributed by atoms with Gasteiger partial charge in [0.1, 0.15) is 23.0 Å². The summed E-state index contributed by atoms with van der Waals surface area (Å²) in [4.78, 5) is 9.70. The maximum absolute atomic E-state index is 7.06. The van der Waals surface area contributed by atoms with E-state index in [1.54, 1.807) is 0 Å². The highest BCUT2D eigenvalue weighted by Crippen LogP contribution is 2.47. The van der Waals surface area contributed by atoms with E-state index in [0.717, 1.165) is 78.7 Å². The third-order valence-corrected chi connectivity index (χ3v) is 16.7. The third-order valence-electron chi connectivity index (χ3n) is 14.4. The Morgan fingerprint density at radius 1 is 0.300 bits per heavy atom. The zero-order chi connectivity index (χ0) is 45.9. The average molecular weight is 929 g/mol. The first-order valence-electron chi connectivity index (χ1n) is 23.8.